The van der Waals surface area contributed by atoms with Gasteiger partial charge in [-0.3, -0.25) is 9.59 Å². The second-order valence-electron chi connectivity index (χ2n) is 28.8. The number of carbonyl (C=O) groups excluding carboxylic acids is 4. The molecule has 97 heavy (non-hydrogen) atoms. The van der Waals surface area contributed by atoms with Crippen LogP contribution in [0.15, 0.2) is 177 Å². The molecule has 6 saturated carbocycles. The van der Waals surface area contributed by atoms with Crippen molar-refractivity contribution in [2.24, 2.45) is 11.5 Å². The summed E-state index contributed by atoms with van der Waals surface area (Å²) in [5, 5.41) is 25.5. The molecule has 3 heterocycles. The molecule has 6 fully saturated rings. The Morgan fingerprint density at radius 1 is 0.495 bits per heavy atom. The molecule has 498 valence electrons. The fraction of sp³-hybridized carbons (Fsp3) is 0.382. The molecule has 4 amide bonds. The molecule has 9 aromatic rings. The summed E-state index contributed by atoms with van der Waals surface area (Å²) < 4.78 is 28.2. The number of rotatable bonds is 20. The first-order valence-electron chi connectivity index (χ1n) is 33.3. The smallest absolute Gasteiger partial charge is 0.410 e. The van der Waals surface area contributed by atoms with E-state index in [0.717, 1.165) is 74.9 Å². The summed E-state index contributed by atoms with van der Waals surface area (Å²) in [4.78, 5) is 66.8. The van der Waals surface area contributed by atoms with Gasteiger partial charge in [-0.2, -0.15) is 20.2 Å². The van der Waals surface area contributed by atoms with Crippen LogP contribution in [-0.4, -0.2) is 113 Å². The molecule has 0 saturated heterocycles. The average molecular weight is 1310 g/mol. The highest BCUT2D eigenvalue weighted by Gasteiger charge is 2.57. The zero-order valence-electron chi connectivity index (χ0n) is 55.4. The number of hydrogen-bond acceptors (Lipinski definition) is 17. The maximum atomic E-state index is 13.3. The van der Waals surface area contributed by atoms with E-state index in [4.69, 9.17) is 39.8 Å². The number of aromatic nitrogens is 6. The number of benzene rings is 6. The van der Waals surface area contributed by atoms with E-state index in [1.54, 1.807) is 72.8 Å². The lowest BCUT2D eigenvalue weighted by molar-refractivity contribution is 0.0198. The van der Waals surface area contributed by atoms with Crippen LogP contribution in [0.2, 0.25) is 0 Å². The molecule has 0 bridgehead atoms. The number of hydrogen-bond donors (Lipinski definition) is 3. The summed E-state index contributed by atoms with van der Waals surface area (Å²) in [7, 11) is 0. The van der Waals surface area contributed by atoms with Gasteiger partial charge in [-0.1, -0.05) is 106 Å². The van der Waals surface area contributed by atoms with Crippen LogP contribution < -0.4 is 16.8 Å². The lowest BCUT2D eigenvalue weighted by atomic mass is 10.1. The summed E-state index contributed by atoms with van der Waals surface area (Å²) >= 11 is 0. The SMILES string of the molecule is CC(C)(C)OC(=O)N(CC1(c2noc(-c3ccc(C#N)cc3)n2)CC1)[C@H]1CC1c1ccccc1.CC(C)(C)OC(=O)N(CC1(c2noc(-c3ccc(C(N)=O)cc3)n2)CC1)[C@H]1CC1c1ccccc1.NC(=O)c1ccc(-c2nc(C3(CN[C@H]4CC4c4ccccc4)CC3)no2)cc1. The highest BCUT2D eigenvalue weighted by atomic mass is 16.6. The third kappa shape index (κ3) is 15.3. The van der Waals surface area contributed by atoms with Crippen LogP contribution >= 0.6 is 0 Å². The second-order valence-corrected chi connectivity index (χ2v) is 28.8. The summed E-state index contributed by atoms with van der Waals surface area (Å²) in [6, 6.07) is 54.8. The molecule has 3 aromatic heterocycles. The quantitative estimate of drug-likeness (QED) is 0.0639. The Labute approximate surface area is 563 Å². The largest absolute Gasteiger partial charge is 0.444 e. The molecule has 6 aromatic carbocycles. The summed E-state index contributed by atoms with van der Waals surface area (Å²) in [5.74, 6) is 3.54. The predicted molar refractivity (Wildman–Crippen MR) is 360 cm³/mol. The first kappa shape index (κ1) is 65.3. The van der Waals surface area contributed by atoms with Gasteiger partial charge >= 0.3 is 12.2 Å². The van der Waals surface area contributed by atoms with Crippen molar-refractivity contribution < 1.29 is 42.2 Å². The van der Waals surface area contributed by atoms with Gasteiger partial charge in [0.05, 0.1) is 22.5 Å². The minimum absolute atomic E-state index is 0.0151. The van der Waals surface area contributed by atoms with Crippen molar-refractivity contribution in [1.82, 2.24) is 45.5 Å². The van der Waals surface area contributed by atoms with E-state index < -0.39 is 23.0 Å². The first-order valence-corrected chi connectivity index (χ1v) is 33.3. The molecule has 0 spiro atoms. The topological polar surface area (TPSA) is 298 Å². The number of nitrogens with zero attached hydrogens (tertiary/aromatic N) is 9. The molecular weight excluding hydrogens is 1220 g/mol. The van der Waals surface area contributed by atoms with E-state index in [2.05, 4.69) is 96.4 Å². The Bertz CT molecular complexity index is 4320. The maximum absolute atomic E-state index is 13.3. The van der Waals surface area contributed by atoms with Crippen LogP contribution in [0.4, 0.5) is 9.59 Å². The van der Waals surface area contributed by atoms with E-state index in [9.17, 15) is 19.2 Å². The number of nitriles is 1. The Balaban J connectivity index is 0.000000132. The average Bonchev–Trinajstić information content (AvgIpc) is 1.58. The zero-order valence-corrected chi connectivity index (χ0v) is 55.4. The molecule has 6 atom stereocenters. The summed E-state index contributed by atoms with van der Waals surface area (Å²) in [5.41, 5.74) is 16.4. The van der Waals surface area contributed by atoms with Crippen LogP contribution in [0.5, 0.6) is 0 Å². The Morgan fingerprint density at radius 3 is 1.16 bits per heavy atom. The van der Waals surface area contributed by atoms with E-state index in [1.165, 1.54) is 23.1 Å². The van der Waals surface area contributed by atoms with Crippen molar-refractivity contribution in [2.75, 3.05) is 19.6 Å². The summed E-state index contributed by atoms with van der Waals surface area (Å²) in [6.07, 6.45) is 8.07. The van der Waals surface area contributed by atoms with Crippen molar-refractivity contribution in [3.05, 3.63) is 215 Å². The normalized spacial score (nSPS) is 20.8. The molecule has 6 aliphatic carbocycles. The van der Waals surface area contributed by atoms with E-state index >= 15 is 0 Å². The van der Waals surface area contributed by atoms with Crippen LogP contribution in [0, 0.1) is 11.3 Å². The van der Waals surface area contributed by atoms with Gasteiger partial charge in [-0.05, 0) is 189 Å². The minimum atomic E-state index is -0.584. The number of carbonyl (C=O) groups is 4. The minimum Gasteiger partial charge on any atom is -0.444 e. The molecule has 21 heteroatoms. The van der Waals surface area contributed by atoms with Gasteiger partial charge in [0.25, 0.3) is 17.7 Å². The number of nitrogens with two attached hydrogens (primary N) is 2. The number of amides is 4. The number of ether oxygens (including phenoxy) is 2. The highest BCUT2D eigenvalue weighted by Crippen LogP contribution is 2.54. The van der Waals surface area contributed by atoms with E-state index in [0.29, 0.717) is 88.5 Å². The van der Waals surface area contributed by atoms with Crippen molar-refractivity contribution in [3.8, 4) is 40.4 Å². The molecule has 21 nitrogen and oxygen atoms in total. The van der Waals surface area contributed by atoms with Crippen molar-refractivity contribution in [2.45, 2.75) is 163 Å². The Hall–Kier alpha value is -10.3. The molecule has 0 radical (unpaired) electrons. The second kappa shape index (κ2) is 26.3. The van der Waals surface area contributed by atoms with Crippen molar-refractivity contribution in [3.63, 3.8) is 0 Å². The van der Waals surface area contributed by atoms with Gasteiger partial charge in [0.1, 0.15) is 11.2 Å². The molecule has 5 N–H and O–H groups in total. The van der Waals surface area contributed by atoms with Gasteiger partial charge in [0, 0.05) is 88.7 Å². The van der Waals surface area contributed by atoms with Gasteiger partial charge in [-0.15, -0.1) is 0 Å². The van der Waals surface area contributed by atoms with E-state index in [1.807, 2.05) is 87.7 Å². The molecule has 6 aliphatic rings. The van der Waals surface area contributed by atoms with Gasteiger partial charge < -0.3 is 49.6 Å². The predicted octanol–water partition coefficient (Wildman–Crippen LogP) is 13.1. The van der Waals surface area contributed by atoms with Crippen LogP contribution in [0.1, 0.15) is 178 Å². The molecule has 3 unspecified atom stereocenters. The Morgan fingerprint density at radius 2 is 0.835 bits per heavy atom. The monoisotopic (exact) mass is 1300 g/mol. The standard InChI is InChI=1S/C27H30N4O4.C27H28N4O3.C22H22N4O2/c1-26(2,3)34-25(33)31(21-15-20(21)17-7-5-4-6-8-17)16-27(13-14-27)24-29-23(35-30-24)19-11-9-18(10-12-19)22(28)32;1-26(2,3)33-25(32)31(22-15-21(22)19-7-5-4-6-8-19)17-27(13-14-27)24-29-23(34-30-24)20-11-9-18(16-28)10-12-20;23-19(27)15-6-8-16(9-7-15)20-25-21(26-28-20)22(10-11-22)13-24-18-12-17(18)14-4-2-1-3-5-14/h4-12,20-21H,13-16H2,1-3H3,(H2,28,32);4-12,21-22H,13-15,17H2,1-3H3;1-9,17-18,24H,10-13H2,(H2,23,27)/t20?,21-;21?,22-;17?,18-/m000/s1. The number of nitrogens with one attached hydrogen (secondary N) is 1. The van der Waals surface area contributed by atoms with Gasteiger partial charge in [-0.25, -0.2) is 9.59 Å². The van der Waals surface area contributed by atoms with Crippen molar-refractivity contribution in [1.29, 1.82) is 5.26 Å². The highest BCUT2D eigenvalue weighted by molar-refractivity contribution is 5.93. The molecule has 0 aliphatic heterocycles. The van der Waals surface area contributed by atoms with Gasteiger partial charge in [0.15, 0.2) is 17.5 Å². The van der Waals surface area contributed by atoms with E-state index in [-0.39, 0.29) is 40.5 Å². The van der Waals surface area contributed by atoms with Crippen LogP contribution in [-0.2, 0) is 25.7 Å². The zero-order chi connectivity index (χ0) is 67.9. The van der Waals surface area contributed by atoms with Crippen LogP contribution in [0.3, 0.4) is 0 Å². The molecule has 15 rings (SSSR count). The first-order chi connectivity index (χ1) is 46.6. The molecular formula is C76H80N12O9. The third-order valence-electron chi connectivity index (χ3n) is 19.0. The number of primary amides is 2. The van der Waals surface area contributed by atoms with Gasteiger partial charge in [0.2, 0.25) is 11.8 Å². The lowest BCUT2D eigenvalue weighted by Gasteiger charge is -2.30. The Kier molecular flexibility index (Phi) is 17.7. The van der Waals surface area contributed by atoms with Crippen molar-refractivity contribution >= 4 is 24.0 Å². The lowest BCUT2D eigenvalue weighted by Crippen LogP contribution is -2.43. The fourth-order valence-electron chi connectivity index (χ4n) is 12.7. The summed E-state index contributed by atoms with van der Waals surface area (Å²) in [6.45, 7) is 13.2. The maximum Gasteiger partial charge on any atom is 0.410 e. The fourth-order valence-corrected chi connectivity index (χ4v) is 12.7. The van der Waals surface area contributed by atoms with Crippen LogP contribution in [0.25, 0.3) is 34.4 Å². The third-order valence-corrected chi connectivity index (χ3v) is 19.0.